The fourth-order valence-electron chi connectivity index (χ4n) is 1.54. The van der Waals surface area contributed by atoms with Crippen molar-refractivity contribution in [2.45, 2.75) is 25.9 Å². The van der Waals surface area contributed by atoms with Crippen LogP contribution in [0.5, 0.6) is 0 Å². The van der Waals surface area contributed by atoms with Gasteiger partial charge >= 0.3 is 0 Å². The number of rotatable bonds is 4. The number of ether oxygens (including phenoxy) is 1. The van der Waals surface area contributed by atoms with Crippen molar-refractivity contribution in [3.63, 3.8) is 0 Å². The Kier molecular flexibility index (Phi) is 4.18. The van der Waals surface area contributed by atoms with E-state index in [0.29, 0.717) is 19.6 Å². The fraction of sp³-hybridized carbons (Fsp3) is 0.889. The normalized spacial score (nSPS) is 23.7. The number of hydrogen-bond acceptors (Lipinski definition) is 3. The van der Waals surface area contributed by atoms with Gasteiger partial charge in [-0.3, -0.25) is 4.79 Å². The Morgan fingerprint density at radius 1 is 1.69 bits per heavy atom. The zero-order chi connectivity index (χ0) is 9.68. The van der Waals surface area contributed by atoms with Crippen LogP contribution >= 0.6 is 0 Å². The Morgan fingerprint density at radius 2 is 2.46 bits per heavy atom. The van der Waals surface area contributed by atoms with Crippen LogP contribution in [0.2, 0.25) is 0 Å². The van der Waals surface area contributed by atoms with Crippen molar-refractivity contribution in [2.75, 3.05) is 26.2 Å². The second-order valence-electron chi connectivity index (χ2n) is 3.26. The van der Waals surface area contributed by atoms with E-state index >= 15 is 0 Å². The average molecular weight is 186 g/mol. The van der Waals surface area contributed by atoms with E-state index < -0.39 is 0 Å². The van der Waals surface area contributed by atoms with E-state index in [1.54, 1.807) is 0 Å². The molecule has 0 aromatic carbocycles. The molecule has 1 saturated heterocycles. The SMILES string of the molecule is CCCN1CCOC(CCN)C1=O. The molecule has 0 saturated carbocycles. The Balaban J connectivity index is 2.45. The van der Waals surface area contributed by atoms with Gasteiger partial charge in [-0.25, -0.2) is 0 Å². The summed E-state index contributed by atoms with van der Waals surface area (Å²) < 4.78 is 5.34. The van der Waals surface area contributed by atoms with Gasteiger partial charge < -0.3 is 15.4 Å². The zero-order valence-electron chi connectivity index (χ0n) is 8.16. The highest BCUT2D eigenvalue weighted by atomic mass is 16.5. The van der Waals surface area contributed by atoms with Crippen molar-refractivity contribution >= 4 is 5.91 Å². The van der Waals surface area contributed by atoms with Crippen LogP contribution in [0, 0.1) is 0 Å². The second-order valence-corrected chi connectivity index (χ2v) is 3.26. The molecular formula is C9H18N2O2. The smallest absolute Gasteiger partial charge is 0.251 e. The third-order valence-electron chi connectivity index (χ3n) is 2.19. The number of carbonyl (C=O) groups is 1. The molecule has 1 rings (SSSR count). The number of nitrogens with two attached hydrogens (primary N) is 1. The number of hydrogen-bond donors (Lipinski definition) is 1. The molecule has 0 aliphatic carbocycles. The van der Waals surface area contributed by atoms with Gasteiger partial charge in [0, 0.05) is 13.1 Å². The molecule has 1 atom stereocenters. The molecule has 0 spiro atoms. The Morgan fingerprint density at radius 3 is 3.08 bits per heavy atom. The van der Waals surface area contributed by atoms with Crippen LogP contribution in [0.1, 0.15) is 19.8 Å². The van der Waals surface area contributed by atoms with Gasteiger partial charge in [-0.15, -0.1) is 0 Å². The van der Waals surface area contributed by atoms with Gasteiger partial charge in [-0.2, -0.15) is 0 Å². The van der Waals surface area contributed by atoms with Crippen LogP contribution in [0.25, 0.3) is 0 Å². The van der Waals surface area contributed by atoms with Crippen LogP contribution in [0.4, 0.5) is 0 Å². The van der Waals surface area contributed by atoms with Gasteiger partial charge in [0.2, 0.25) is 0 Å². The Labute approximate surface area is 79.0 Å². The Bertz CT molecular complexity index is 153. The molecule has 0 radical (unpaired) electrons. The van der Waals surface area contributed by atoms with Crippen LogP contribution in [-0.2, 0) is 9.53 Å². The first-order chi connectivity index (χ1) is 6.29. The molecule has 2 N–H and O–H groups in total. The van der Waals surface area contributed by atoms with Crippen molar-refractivity contribution in [1.29, 1.82) is 0 Å². The quantitative estimate of drug-likeness (QED) is 0.671. The number of amides is 1. The first-order valence-electron chi connectivity index (χ1n) is 4.90. The van der Waals surface area contributed by atoms with Crippen LogP contribution in [0.15, 0.2) is 0 Å². The number of carbonyl (C=O) groups excluding carboxylic acids is 1. The molecule has 1 heterocycles. The van der Waals surface area contributed by atoms with Gasteiger partial charge in [-0.1, -0.05) is 6.92 Å². The number of morpholine rings is 1. The molecule has 0 bridgehead atoms. The molecule has 13 heavy (non-hydrogen) atoms. The second kappa shape index (κ2) is 5.19. The maximum absolute atomic E-state index is 11.7. The van der Waals surface area contributed by atoms with Crippen LogP contribution < -0.4 is 5.73 Å². The highest BCUT2D eigenvalue weighted by Gasteiger charge is 2.27. The lowest BCUT2D eigenvalue weighted by Crippen LogP contribution is -2.48. The molecule has 76 valence electrons. The van der Waals surface area contributed by atoms with Gasteiger partial charge in [-0.05, 0) is 19.4 Å². The van der Waals surface area contributed by atoms with Crippen molar-refractivity contribution in [2.24, 2.45) is 5.73 Å². The summed E-state index contributed by atoms with van der Waals surface area (Å²) in [6, 6.07) is 0. The van der Waals surface area contributed by atoms with Gasteiger partial charge in [0.1, 0.15) is 6.10 Å². The van der Waals surface area contributed by atoms with E-state index in [1.165, 1.54) is 0 Å². The molecule has 1 amide bonds. The Hall–Kier alpha value is -0.610. The van der Waals surface area contributed by atoms with Crippen LogP contribution in [-0.4, -0.2) is 43.2 Å². The minimum Gasteiger partial charge on any atom is -0.366 e. The minimum atomic E-state index is -0.287. The maximum atomic E-state index is 11.7. The van der Waals surface area contributed by atoms with E-state index in [0.717, 1.165) is 19.5 Å². The van der Waals surface area contributed by atoms with E-state index in [2.05, 4.69) is 6.92 Å². The summed E-state index contributed by atoms with van der Waals surface area (Å²) in [4.78, 5) is 13.5. The molecule has 0 aromatic heterocycles. The highest BCUT2D eigenvalue weighted by molar-refractivity contribution is 5.81. The lowest BCUT2D eigenvalue weighted by molar-refractivity contribution is -0.153. The predicted octanol–water partition coefficient (Wildman–Crippen LogP) is -0.0274. The van der Waals surface area contributed by atoms with Gasteiger partial charge in [0.15, 0.2) is 0 Å². The third-order valence-corrected chi connectivity index (χ3v) is 2.19. The fourth-order valence-corrected chi connectivity index (χ4v) is 1.54. The lowest BCUT2D eigenvalue weighted by Gasteiger charge is -2.32. The predicted molar refractivity (Wildman–Crippen MR) is 50.3 cm³/mol. The van der Waals surface area contributed by atoms with Crippen molar-refractivity contribution < 1.29 is 9.53 Å². The molecule has 4 heteroatoms. The topological polar surface area (TPSA) is 55.6 Å². The number of nitrogens with zero attached hydrogens (tertiary/aromatic N) is 1. The van der Waals surface area contributed by atoms with Crippen molar-refractivity contribution in [3.05, 3.63) is 0 Å². The summed E-state index contributed by atoms with van der Waals surface area (Å²) in [5, 5.41) is 0. The average Bonchev–Trinajstić information content (AvgIpc) is 2.13. The molecule has 1 unspecified atom stereocenters. The third kappa shape index (κ3) is 2.67. The minimum absolute atomic E-state index is 0.110. The molecule has 1 aliphatic heterocycles. The highest BCUT2D eigenvalue weighted by Crippen LogP contribution is 2.09. The van der Waals surface area contributed by atoms with E-state index in [1.807, 2.05) is 4.90 Å². The summed E-state index contributed by atoms with van der Waals surface area (Å²) in [6.07, 6.45) is 1.35. The first kappa shape index (κ1) is 10.5. The summed E-state index contributed by atoms with van der Waals surface area (Å²) in [5.41, 5.74) is 5.39. The van der Waals surface area contributed by atoms with Crippen molar-refractivity contribution in [3.8, 4) is 0 Å². The first-order valence-corrected chi connectivity index (χ1v) is 4.90. The molecule has 1 aliphatic rings. The molecular weight excluding hydrogens is 168 g/mol. The summed E-state index contributed by atoms with van der Waals surface area (Å²) in [7, 11) is 0. The molecule has 1 fully saturated rings. The van der Waals surface area contributed by atoms with E-state index in [-0.39, 0.29) is 12.0 Å². The maximum Gasteiger partial charge on any atom is 0.251 e. The van der Waals surface area contributed by atoms with Gasteiger partial charge in [0.25, 0.3) is 5.91 Å². The van der Waals surface area contributed by atoms with Crippen LogP contribution in [0.3, 0.4) is 0 Å². The van der Waals surface area contributed by atoms with Gasteiger partial charge in [0.05, 0.1) is 6.61 Å². The summed E-state index contributed by atoms with van der Waals surface area (Å²) in [5.74, 6) is 0.110. The molecule has 0 aromatic rings. The molecule has 4 nitrogen and oxygen atoms in total. The van der Waals surface area contributed by atoms with E-state index in [4.69, 9.17) is 10.5 Å². The summed E-state index contributed by atoms with van der Waals surface area (Å²) >= 11 is 0. The van der Waals surface area contributed by atoms with E-state index in [9.17, 15) is 4.79 Å². The van der Waals surface area contributed by atoms with Crippen molar-refractivity contribution in [1.82, 2.24) is 4.90 Å². The standard InChI is InChI=1S/C9H18N2O2/c1-2-5-11-6-7-13-8(3-4-10)9(11)12/h8H,2-7,10H2,1H3. The monoisotopic (exact) mass is 186 g/mol. The zero-order valence-corrected chi connectivity index (χ0v) is 8.16. The lowest BCUT2D eigenvalue weighted by atomic mass is 10.2. The summed E-state index contributed by atoms with van der Waals surface area (Å²) in [6.45, 7) is 4.80. The largest absolute Gasteiger partial charge is 0.366 e.